The van der Waals surface area contributed by atoms with E-state index >= 15 is 0 Å². The van der Waals surface area contributed by atoms with Gasteiger partial charge in [-0.3, -0.25) is 14.3 Å². The summed E-state index contributed by atoms with van der Waals surface area (Å²) in [5.74, 6) is 0. The average Bonchev–Trinajstić information content (AvgIpc) is 2.67. The van der Waals surface area contributed by atoms with E-state index in [9.17, 15) is 14.7 Å². The molecule has 1 aliphatic heterocycles. The Hall–Kier alpha value is -0.710. The molecule has 0 spiro atoms. The first-order valence-electron chi connectivity index (χ1n) is 5.41. The largest absolute Gasteiger partial charge is 0.394 e. The molecule has 1 aromatic heterocycles. The number of hydrogen-bond acceptors (Lipinski definition) is 5. The molecule has 0 radical (unpaired) electrons. The SMILES string of the molecule is Cc1c([123I])n([C@H]2C[C@H](O)[C@@H](CO)O2)c(=O)[nH]c1=O. The maximum absolute atomic E-state index is 11.8. The molecule has 18 heavy (non-hydrogen) atoms. The highest BCUT2D eigenvalue weighted by molar-refractivity contribution is 14.1. The molecule has 7 nitrogen and oxygen atoms in total. The number of halogens is 1. The second-order valence-electron chi connectivity index (χ2n) is 4.16. The average molecular weight is 364 g/mol. The van der Waals surface area contributed by atoms with Crippen molar-refractivity contribution >= 4 is 22.6 Å². The number of ether oxygens (including phenoxy) is 1. The molecule has 1 aliphatic rings. The summed E-state index contributed by atoms with van der Waals surface area (Å²) < 4.78 is 7.16. The zero-order valence-electron chi connectivity index (χ0n) is 9.59. The van der Waals surface area contributed by atoms with Gasteiger partial charge in [-0.25, -0.2) is 4.79 Å². The molecule has 0 aromatic carbocycles. The summed E-state index contributed by atoms with van der Waals surface area (Å²) in [4.78, 5) is 25.4. The monoisotopic (exact) mass is 364 g/mol. The highest BCUT2D eigenvalue weighted by Gasteiger charge is 2.36. The van der Waals surface area contributed by atoms with Crippen LogP contribution in [0.25, 0.3) is 0 Å². The normalized spacial score (nSPS) is 27.7. The van der Waals surface area contributed by atoms with Gasteiger partial charge in [0.05, 0.1) is 16.4 Å². The van der Waals surface area contributed by atoms with Crippen molar-refractivity contribution in [1.82, 2.24) is 9.55 Å². The van der Waals surface area contributed by atoms with Crippen molar-refractivity contribution in [3.05, 3.63) is 30.1 Å². The summed E-state index contributed by atoms with van der Waals surface area (Å²) >= 11 is 1.89. The smallest absolute Gasteiger partial charge is 0.331 e. The number of hydrogen-bond donors (Lipinski definition) is 3. The molecule has 1 aromatic rings. The Bertz CT molecular complexity index is 566. The van der Waals surface area contributed by atoms with Crippen LogP contribution in [0.5, 0.6) is 0 Å². The van der Waals surface area contributed by atoms with Crippen LogP contribution in [0.1, 0.15) is 18.2 Å². The molecule has 100 valence electrons. The van der Waals surface area contributed by atoms with Crippen molar-refractivity contribution in [2.24, 2.45) is 0 Å². The molecule has 0 saturated carbocycles. The first kappa shape index (κ1) is 13.7. The quantitative estimate of drug-likeness (QED) is 0.466. The third-order valence-electron chi connectivity index (χ3n) is 2.97. The van der Waals surface area contributed by atoms with E-state index < -0.39 is 29.7 Å². The first-order chi connectivity index (χ1) is 8.45. The number of rotatable bonds is 2. The van der Waals surface area contributed by atoms with E-state index in [0.717, 1.165) is 0 Å². The summed E-state index contributed by atoms with van der Waals surface area (Å²) in [5, 5.41) is 18.7. The van der Waals surface area contributed by atoms with Crippen LogP contribution in [0.15, 0.2) is 9.59 Å². The number of nitrogens with one attached hydrogen (secondary N) is 1. The van der Waals surface area contributed by atoms with Gasteiger partial charge in [0, 0.05) is 12.0 Å². The van der Waals surface area contributed by atoms with Crippen LogP contribution in [0.2, 0.25) is 0 Å². The zero-order valence-corrected chi connectivity index (χ0v) is 11.7. The number of aromatic amines is 1. The van der Waals surface area contributed by atoms with E-state index in [-0.39, 0.29) is 13.0 Å². The second kappa shape index (κ2) is 5.11. The molecule has 0 unspecified atom stereocenters. The molecule has 2 rings (SSSR count). The molecule has 3 N–H and O–H groups in total. The van der Waals surface area contributed by atoms with Gasteiger partial charge in [-0.1, -0.05) is 0 Å². The summed E-state index contributed by atoms with van der Waals surface area (Å²) in [6.07, 6.45) is -2.00. The van der Waals surface area contributed by atoms with Crippen molar-refractivity contribution in [3.63, 3.8) is 0 Å². The van der Waals surface area contributed by atoms with Gasteiger partial charge in [0.2, 0.25) is 0 Å². The fourth-order valence-corrected chi connectivity index (χ4v) is 2.68. The van der Waals surface area contributed by atoms with Gasteiger partial charge in [0.15, 0.2) is 0 Å². The van der Waals surface area contributed by atoms with E-state index in [1.165, 1.54) is 4.57 Å². The summed E-state index contributed by atoms with van der Waals surface area (Å²) in [6.45, 7) is 1.29. The van der Waals surface area contributed by atoms with Crippen molar-refractivity contribution in [3.8, 4) is 0 Å². The zero-order chi connectivity index (χ0) is 13.4. The minimum atomic E-state index is -0.824. The number of H-pyrrole nitrogens is 1. The van der Waals surface area contributed by atoms with E-state index in [4.69, 9.17) is 9.84 Å². The first-order valence-corrected chi connectivity index (χ1v) is 6.49. The lowest BCUT2D eigenvalue weighted by Crippen LogP contribution is -2.36. The maximum atomic E-state index is 11.8. The van der Waals surface area contributed by atoms with Crippen LogP contribution in [0, 0.1) is 10.6 Å². The third-order valence-corrected chi connectivity index (χ3v) is 4.30. The van der Waals surface area contributed by atoms with Crippen molar-refractivity contribution in [2.75, 3.05) is 6.61 Å². The molecular formula is C10H13IN2O5. The minimum Gasteiger partial charge on any atom is -0.394 e. The van der Waals surface area contributed by atoms with Gasteiger partial charge in [-0.2, -0.15) is 0 Å². The fraction of sp³-hybridized carbons (Fsp3) is 0.600. The van der Waals surface area contributed by atoms with Gasteiger partial charge in [-0.05, 0) is 29.5 Å². The highest BCUT2D eigenvalue weighted by atomic mass is 123. The Balaban J connectivity index is 2.45. The number of aliphatic hydroxyl groups is 2. The van der Waals surface area contributed by atoms with Crippen LogP contribution >= 0.6 is 22.6 Å². The van der Waals surface area contributed by atoms with E-state index in [1.807, 2.05) is 22.6 Å². The number of nitrogens with zero attached hydrogens (tertiary/aromatic N) is 1. The molecule has 1 fully saturated rings. The van der Waals surface area contributed by atoms with Crippen molar-refractivity contribution in [1.29, 1.82) is 0 Å². The Morgan fingerprint density at radius 3 is 2.78 bits per heavy atom. The van der Waals surface area contributed by atoms with Crippen LogP contribution < -0.4 is 11.2 Å². The fourth-order valence-electron chi connectivity index (χ4n) is 1.91. The maximum Gasteiger partial charge on any atom is 0.331 e. The van der Waals surface area contributed by atoms with Crippen LogP contribution in [0.4, 0.5) is 0 Å². The molecular weight excluding hydrogens is 351 g/mol. The Morgan fingerprint density at radius 1 is 1.56 bits per heavy atom. The van der Waals surface area contributed by atoms with Crippen LogP contribution in [-0.2, 0) is 4.74 Å². The molecule has 8 heteroatoms. The van der Waals surface area contributed by atoms with Gasteiger partial charge in [0.25, 0.3) is 5.56 Å². The molecule has 0 amide bonds. The molecule has 0 bridgehead atoms. The standard InChI is InChI=1S/C10H13IN2O5/c1-4-8(11)13(10(17)12-9(4)16)7-2-5(15)6(3-14)18-7/h5-7,14-15H,2-3H2,1H3,(H,12,16,17)/t5-,6+,7+/m0/s1/i11-4. The Morgan fingerprint density at radius 2 is 2.22 bits per heavy atom. The Labute approximate surface area is 116 Å². The van der Waals surface area contributed by atoms with E-state index in [2.05, 4.69) is 4.98 Å². The summed E-state index contributed by atoms with van der Waals surface area (Å²) in [5.41, 5.74) is -0.593. The van der Waals surface area contributed by atoms with Crippen LogP contribution in [0.3, 0.4) is 0 Å². The summed E-state index contributed by atoms with van der Waals surface area (Å²) in [7, 11) is 0. The molecule has 2 heterocycles. The van der Waals surface area contributed by atoms with Gasteiger partial charge < -0.3 is 14.9 Å². The lowest BCUT2D eigenvalue weighted by molar-refractivity contribution is -0.0468. The van der Waals surface area contributed by atoms with Gasteiger partial charge in [0.1, 0.15) is 12.3 Å². The lowest BCUT2D eigenvalue weighted by Gasteiger charge is -2.17. The van der Waals surface area contributed by atoms with E-state index in [1.54, 1.807) is 6.92 Å². The predicted octanol–water partition coefficient (Wildman–Crippen LogP) is -0.910. The Kier molecular flexibility index (Phi) is 3.90. The number of aromatic nitrogens is 2. The molecule has 1 saturated heterocycles. The van der Waals surface area contributed by atoms with Crippen LogP contribution in [-0.4, -0.2) is 38.6 Å². The molecule has 3 atom stereocenters. The highest BCUT2D eigenvalue weighted by Crippen LogP contribution is 2.28. The molecule has 0 aliphatic carbocycles. The number of aliphatic hydroxyl groups excluding tert-OH is 2. The van der Waals surface area contributed by atoms with E-state index in [0.29, 0.717) is 9.26 Å². The second-order valence-corrected chi connectivity index (χ2v) is 5.18. The van der Waals surface area contributed by atoms with Crippen molar-refractivity contribution < 1.29 is 14.9 Å². The lowest BCUT2D eigenvalue weighted by atomic mass is 10.2. The minimum absolute atomic E-state index is 0.201. The van der Waals surface area contributed by atoms with Gasteiger partial charge >= 0.3 is 5.69 Å². The van der Waals surface area contributed by atoms with Crippen molar-refractivity contribution in [2.45, 2.75) is 31.8 Å². The predicted molar refractivity (Wildman–Crippen MR) is 70.4 cm³/mol. The summed E-state index contributed by atoms with van der Waals surface area (Å²) in [6, 6.07) is 0. The topological polar surface area (TPSA) is 105 Å². The third kappa shape index (κ3) is 2.25. The van der Waals surface area contributed by atoms with Gasteiger partial charge in [-0.15, -0.1) is 0 Å².